The average molecular weight is 679 g/mol. The number of fused-ring (bicyclic) bond motifs is 3. The summed E-state index contributed by atoms with van der Waals surface area (Å²) >= 11 is 3.53. The molecule has 1 aromatic carbocycles. The van der Waals surface area contributed by atoms with Gasteiger partial charge in [0, 0.05) is 32.2 Å². The molecule has 0 spiro atoms. The number of alkyl carbamates (subject to hydrolysis) is 1. The van der Waals surface area contributed by atoms with Gasteiger partial charge in [0.15, 0.2) is 17.3 Å². The number of carbonyl (C=O) groups is 3. The number of methoxy groups -OCH3 is 1. The molecule has 2 aromatic heterocycles. The zero-order valence-electron chi connectivity index (χ0n) is 28.6. The molecular formula is C32H47FN6O7S. The summed E-state index contributed by atoms with van der Waals surface area (Å²) in [7, 11) is 1.38. The van der Waals surface area contributed by atoms with Crippen molar-refractivity contribution in [1.82, 2.24) is 24.6 Å². The lowest BCUT2D eigenvalue weighted by Gasteiger charge is -2.32. The number of anilines is 1. The van der Waals surface area contributed by atoms with Crippen LogP contribution in [0, 0.1) is 5.82 Å². The zero-order chi connectivity index (χ0) is 35.6. The fourth-order valence-corrected chi connectivity index (χ4v) is 5.16. The van der Waals surface area contributed by atoms with Crippen LogP contribution in [-0.4, -0.2) is 87.5 Å². The molecule has 3 heterocycles. The van der Waals surface area contributed by atoms with E-state index in [0.717, 1.165) is 16.8 Å². The van der Waals surface area contributed by atoms with E-state index in [2.05, 4.69) is 28.4 Å². The van der Waals surface area contributed by atoms with Gasteiger partial charge in [0.2, 0.25) is 0 Å². The first kappa shape index (κ1) is 38.9. The monoisotopic (exact) mass is 678 g/mol. The quantitative estimate of drug-likeness (QED) is 0.171. The Labute approximate surface area is 279 Å². The number of carboxylic acids is 1. The highest BCUT2D eigenvalue weighted by Gasteiger charge is 2.37. The summed E-state index contributed by atoms with van der Waals surface area (Å²) in [4.78, 5) is 52.9. The summed E-state index contributed by atoms with van der Waals surface area (Å²) < 4.78 is 27.6. The fraction of sp³-hybridized carbons (Fsp3) is 0.531. The Balaban J connectivity index is 0.00000185. The number of ether oxygens (including phenoxy) is 2. The second-order valence-corrected chi connectivity index (χ2v) is 11.3. The van der Waals surface area contributed by atoms with E-state index in [-0.39, 0.29) is 58.8 Å². The largest absolute Gasteiger partial charge is 0.493 e. The normalized spacial score (nSPS) is 13.9. The van der Waals surface area contributed by atoms with Crippen molar-refractivity contribution >= 4 is 47.3 Å². The van der Waals surface area contributed by atoms with Crippen LogP contribution in [0.2, 0.25) is 0 Å². The lowest BCUT2D eigenvalue weighted by molar-refractivity contribution is 0.0526. The van der Waals surface area contributed by atoms with Gasteiger partial charge >= 0.3 is 12.1 Å². The third-order valence-electron chi connectivity index (χ3n) is 6.99. The van der Waals surface area contributed by atoms with Crippen molar-refractivity contribution in [3.05, 3.63) is 51.2 Å². The molecule has 13 nitrogen and oxygen atoms in total. The lowest BCUT2D eigenvalue weighted by Crippen LogP contribution is -2.42. The van der Waals surface area contributed by atoms with E-state index >= 15 is 0 Å². The maximum absolute atomic E-state index is 13.9. The Morgan fingerprint density at radius 2 is 1.83 bits per heavy atom. The number of halogens is 1. The molecule has 1 atom stereocenters. The standard InChI is InChI=1S/C29H37FN6O7.C2H6.CH4S/c1-7-34-14-16(2)36-21-20(23(42-6)22(36)26(34)38)25(37)35(15-17-9-10-18(30)13-19(17)27(39)40)33-24(21)31-11-8-12-32-28(41)43-29(3,4)5;2*1-2/h9-10,13,16H,7-8,11-12,14-15H2,1-6H3,(H,31,33)(H,32,41)(H,39,40);1-2H3;2H,1H3. The molecule has 3 aromatic rings. The Morgan fingerprint density at radius 1 is 1.17 bits per heavy atom. The first-order chi connectivity index (χ1) is 22.3. The first-order valence-corrected chi connectivity index (χ1v) is 16.4. The smallest absolute Gasteiger partial charge is 0.407 e. The Morgan fingerprint density at radius 3 is 2.40 bits per heavy atom. The summed E-state index contributed by atoms with van der Waals surface area (Å²) in [6, 6.07) is 3.06. The molecule has 47 heavy (non-hydrogen) atoms. The van der Waals surface area contributed by atoms with Crippen LogP contribution in [0.3, 0.4) is 0 Å². The number of carbonyl (C=O) groups excluding carboxylic acids is 2. The Bertz CT molecular complexity index is 1630. The highest BCUT2D eigenvalue weighted by molar-refractivity contribution is 7.79. The van der Waals surface area contributed by atoms with Crippen LogP contribution in [0.15, 0.2) is 23.0 Å². The summed E-state index contributed by atoms with van der Waals surface area (Å²) in [5.74, 6) is -2.01. The molecule has 2 amide bonds. The molecule has 0 saturated carbocycles. The van der Waals surface area contributed by atoms with Crippen molar-refractivity contribution in [1.29, 1.82) is 0 Å². The van der Waals surface area contributed by atoms with Crippen LogP contribution in [-0.2, 0) is 11.3 Å². The number of benzene rings is 1. The number of nitrogens with zero attached hydrogens (tertiary/aromatic N) is 4. The van der Waals surface area contributed by atoms with Gasteiger partial charge in [-0.25, -0.2) is 18.7 Å². The van der Waals surface area contributed by atoms with Gasteiger partial charge in [-0.3, -0.25) is 9.59 Å². The maximum Gasteiger partial charge on any atom is 0.407 e. The van der Waals surface area contributed by atoms with Crippen LogP contribution in [0.4, 0.5) is 15.0 Å². The number of rotatable bonds is 10. The van der Waals surface area contributed by atoms with Gasteiger partial charge < -0.3 is 34.7 Å². The minimum atomic E-state index is -1.35. The number of amides is 2. The molecule has 0 aliphatic carbocycles. The van der Waals surface area contributed by atoms with Crippen molar-refractivity contribution in [2.45, 2.75) is 73.1 Å². The summed E-state index contributed by atoms with van der Waals surface area (Å²) in [6.45, 7) is 14.3. The molecule has 260 valence electrons. The Hall–Kier alpha value is -4.27. The summed E-state index contributed by atoms with van der Waals surface area (Å²) in [5, 5.41) is 20.2. The molecule has 3 N–H and O–H groups in total. The van der Waals surface area contributed by atoms with E-state index in [1.165, 1.54) is 13.2 Å². The van der Waals surface area contributed by atoms with Gasteiger partial charge in [-0.05, 0) is 65.0 Å². The highest BCUT2D eigenvalue weighted by atomic mass is 32.1. The van der Waals surface area contributed by atoms with Crippen molar-refractivity contribution in [3.8, 4) is 5.75 Å². The number of aromatic nitrogens is 3. The molecule has 4 rings (SSSR count). The van der Waals surface area contributed by atoms with Gasteiger partial charge in [0.05, 0.1) is 19.2 Å². The van der Waals surface area contributed by atoms with E-state index in [0.29, 0.717) is 31.6 Å². The number of hydrogen-bond acceptors (Lipinski definition) is 9. The fourth-order valence-electron chi connectivity index (χ4n) is 5.16. The van der Waals surface area contributed by atoms with Crippen molar-refractivity contribution in [2.24, 2.45) is 0 Å². The molecule has 0 saturated heterocycles. The predicted molar refractivity (Wildman–Crippen MR) is 183 cm³/mol. The van der Waals surface area contributed by atoms with Crippen molar-refractivity contribution in [2.75, 3.05) is 44.9 Å². The second kappa shape index (κ2) is 17.0. The number of aromatic carboxylic acids is 1. The van der Waals surface area contributed by atoms with Crippen LogP contribution in [0.1, 0.15) is 87.3 Å². The Kier molecular flexibility index (Phi) is 14.1. The van der Waals surface area contributed by atoms with Gasteiger partial charge in [-0.1, -0.05) is 19.9 Å². The number of nitrogens with one attached hydrogen (secondary N) is 2. The van der Waals surface area contributed by atoms with Gasteiger partial charge in [0.25, 0.3) is 11.5 Å². The highest BCUT2D eigenvalue weighted by Crippen LogP contribution is 2.39. The van der Waals surface area contributed by atoms with E-state index in [1.54, 1.807) is 36.5 Å². The third-order valence-corrected chi connectivity index (χ3v) is 6.99. The minimum Gasteiger partial charge on any atom is -0.493 e. The van der Waals surface area contributed by atoms with Gasteiger partial charge in [0.1, 0.15) is 22.3 Å². The first-order valence-electron chi connectivity index (χ1n) is 15.5. The van der Waals surface area contributed by atoms with Crippen LogP contribution < -0.4 is 20.9 Å². The average Bonchev–Trinajstić information content (AvgIpc) is 3.39. The molecule has 1 aliphatic heterocycles. The molecule has 1 aliphatic rings. The number of carboxylic acid groups (broad SMARTS) is 1. The molecule has 0 fully saturated rings. The third kappa shape index (κ3) is 8.96. The minimum absolute atomic E-state index is 0.0957. The molecule has 0 radical (unpaired) electrons. The summed E-state index contributed by atoms with van der Waals surface area (Å²) in [6.07, 6.45) is 1.61. The van der Waals surface area contributed by atoms with Crippen molar-refractivity contribution in [3.63, 3.8) is 0 Å². The van der Waals surface area contributed by atoms with Gasteiger partial charge in [-0.2, -0.15) is 12.6 Å². The van der Waals surface area contributed by atoms with Crippen LogP contribution in [0.25, 0.3) is 10.9 Å². The topological polar surface area (TPSA) is 157 Å². The van der Waals surface area contributed by atoms with E-state index in [1.807, 2.05) is 27.7 Å². The van der Waals surface area contributed by atoms with Crippen molar-refractivity contribution < 1.29 is 33.4 Å². The maximum atomic E-state index is 13.9. The van der Waals surface area contributed by atoms with E-state index in [9.17, 15) is 28.7 Å². The molecule has 0 bridgehead atoms. The molecular weight excluding hydrogens is 631 g/mol. The number of thiol groups is 1. The SMILES string of the molecule is CC.CCN1CC(C)n2c(c(OC)c3c(=O)n(Cc4ccc(F)cc4C(=O)O)nc(NCCCNC(=O)OC(C)(C)C)c32)C1=O.CS. The zero-order valence-corrected chi connectivity index (χ0v) is 29.5. The van der Waals surface area contributed by atoms with Crippen LogP contribution in [0.5, 0.6) is 5.75 Å². The van der Waals surface area contributed by atoms with Crippen LogP contribution >= 0.6 is 12.6 Å². The summed E-state index contributed by atoms with van der Waals surface area (Å²) in [5.41, 5.74) is -0.776. The lowest BCUT2D eigenvalue weighted by atomic mass is 10.1. The number of hydrogen-bond donors (Lipinski definition) is 4. The van der Waals surface area contributed by atoms with E-state index in [4.69, 9.17) is 9.47 Å². The predicted octanol–water partition coefficient (Wildman–Crippen LogP) is 5.03. The van der Waals surface area contributed by atoms with Gasteiger partial charge in [-0.15, -0.1) is 5.10 Å². The molecule has 15 heteroatoms. The van der Waals surface area contributed by atoms with E-state index < -0.39 is 29.0 Å². The second-order valence-electron chi connectivity index (χ2n) is 11.3. The molecule has 1 unspecified atom stereocenters. The number of likely N-dealkylation sites (N-methyl/N-ethyl adjacent to an activating group) is 1.